The predicted octanol–water partition coefficient (Wildman–Crippen LogP) is 4.86. The Morgan fingerprint density at radius 1 is 1.07 bits per heavy atom. The molecule has 0 aliphatic rings. The second-order valence-electron chi connectivity index (χ2n) is 7.88. The number of amides is 1. The summed E-state index contributed by atoms with van der Waals surface area (Å²) < 4.78 is 17.3. The molecule has 1 aromatic rings. The van der Waals surface area contributed by atoms with Crippen LogP contribution in [0.5, 0.6) is 5.75 Å². The quantitative estimate of drug-likeness (QED) is 0.384. The molecule has 0 aliphatic heterocycles. The Morgan fingerprint density at radius 3 is 2.25 bits per heavy atom. The van der Waals surface area contributed by atoms with Crippen molar-refractivity contribution in [1.29, 1.82) is 0 Å². The van der Waals surface area contributed by atoms with E-state index in [-0.39, 0.29) is 6.42 Å². The lowest BCUT2D eigenvalue weighted by molar-refractivity contribution is -0.151. The van der Waals surface area contributed by atoms with E-state index in [4.69, 9.17) is 14.2 Å². The van der Waals surface area contributed by atoms with Crippen molar-refractivity contribution in [2.75, 3.05) is 13.2 Å². The fourth-order valence-electron chi connectivity index (χ4n) is 2.44. The van der Waals surface area contributed by atoms with Crippen LogP contribution < -0.4 is 10.1 Å². The van der Waals surface area contributed by atoms with Crippen LogP contribution in [0.15, 0.2) is 18.2 Å². The van der Waals surface area contributed by atoms with Gasteiger partial charge in [-0.25, -0.2) is 9.59 Å². The molecule has 0 fully saturated rings. The highest BCUT2D eigenvalue weighted by Gasteiger charge is 2.38. The average molecular weight is 505 g/mol. The van der Waals surface area contributed by atoms with Crippen LogP contribution in [0.4, 0.5) is 4.79 Å². The standard InChI is InChI=1S/C21H32INO5/c1-7-11-26-17-10-9-15(13-16(17)22)14-21(6,18(24)27-12-8-2)23-19(25)28-20(3,4)5/h9-10,13H,7-8,11-12,14H2,1-6H3,(H,23,25)/t21-/m0/s1. The normalized spacial score (nSPS) is 13.4. The SMILES string of the molecule is CCCOC(=O)[C@](C)(Cc1ccc(OCCC)c(I)c1)NC(=O)OC(C)(C)C. The van der Waals surface area contributed by atoms with Gasteiger partial charge >= 0.3 is 12.1 Å². The summed E-state index contributed by atoms with van der Waals surface area (Å²) >= 11 is 2.21. The van der Waals surface area contributed by atoms with Gasteiger partial charge in [0.15, 0.2) is 0 Å². The lowest BCUT2D eigenvalue weighted by atomic mass is 9.93. The van der Waals surface area contributed by atoms with E-state index < -0.39 is 23.2 Å². The third-order valence-electron chi connectivity index (χ3n) is 3.68. The minimum atomic E-state index is -1.24. The van der Waals surface area contributed by atoms with E-state index in [0.717, 1.165) is 21.3 Å². The van der Waals surface area contributed by atoms with E-state index in [1.807, 2.05) is 25.1 Å². The Bertz CT molecular complexity index is 671. The van der Waals surface area contributed by atoms with Crippen molar-refractivity contribution in [3.8, 4) is 5.75 Å². The molecule has 0 saturated carbocycles. The fourth-order valence-corrected chi connectivity index (χ4v) is 3.18. The van der Waals surface area contributed by atoms with E-state index in [1.54, 1.807) is 27.7 Å². The van der Waals surface area contributed by atoms with Gasteiger partial charge in [-0.3, -0.25) is 0 Å². The number of benzene rings is 1. The molecule has 6 nitrogen and oxygen atoms in total. The molecule has 1 amide bonds. The van der Waals surface area contributed by atoms with Gasteiger partial charge in [0.05, 0.1) is 16.8 Å². The number of carbonyl (C=O) groups excluding carboxylic acids is 2. The van der Waals surface area contributed by atoms with Crippen LogP contribution in [0, 0.1) is 3.57 Å². The Hall–Kier alpha value is -1.51. The Labute approximate surface area is 181 Å². The number of esters is 1. The first kappa shape index (κ1) is 24.5. The molecule has 0 aliphatic carbocycles. The molecule has 28 heavy (non-hydrogen) atoms. The molecule has 0 aromatic heterocycles. The van der Waals surface area contributed by atoms with Crippen molar-refractivity contribution in [2.45, 2.75) is 71.9 Å². The third-order valence-corrected chi connectivity index (χ3v) is 4.52. The zero-order valence-corrected chi connectivity index (χ0v) is 19.8. The average Bonchev–Trinajstić information content (AvgIpc) is 2.57. The first-order chi connectivity index (χ1) is 13.0. The maximum atomic E-state index is 12.7. The predicted molar refractivity (Wildman–Crippen MR) is 118 cm³/mol. The summed E-state index contributed by atoms with van der Waals surface area (Å²) in [6, 6.07) is 5.74. The van der Waals surface area contributed by atoms with Gasteiger partial charge in [0.2, 0.25) is 0 Å². The van der Waals surface area contributed by atoms with Gasteiger partial charge in [0.1, 0.15) is 16.9 Å². The fraction of sp³-hybridized carbons (Fsp3) is 0.619. The van der Waals surface area contributed by atoms with Crippen LogP contribution in [0.2, 0.25) is 0 Å². The molecule has 0 radical (unpaired) electrons. The zero-order chi connectivity index (χ0) is 21.4. The number of halogens is 1. The molecule has 158 valence electrons. The van der Waals surface area contributed by atoms with E-state index in [9.17, 15) is 9.59 Å². The van der Waals surface area contributed by atoms with E-state index in [0.29, 0.717) is 19.6 Å². The molecule has 0 spiro atoms. The molecular formula is C21H32INO5. The maximum Gasteiger partial charge on any atom is 0.408 e. The first-order valence-electron chi connectivity index (χ1n) is 9.60. The van der Waals surface area contributed by atoms with Crippen molar-refractivity contribution < 1.29 is 23.8 Å². The smallest absolute Gasteiger partial charge is 0.408 e. The number of nitrogens with one attached hydrogen (secondary N) is 1. The van der Waals surface area contributed by atoms with E-state index >= 15 is 0 Å². The van der Waals surface area contributed by atoms with E-state index in [1.165, 1.54) is 0 Å². The molecule has 0 heterocycles. The molecule has 1 rings (SSSR count). The molecule has 1 aromatic carbocycles. The Balaban J connectivity index is 3.03. The number of alkyl carbamates (subject to hydrolysis) is 1. The first-order valence-corrected chi connectivity index (χ1v) is 10.7. The molecule has 0 saturated heterocycles. The molecule has 1 N–H and O–H groups in total. The number of ether oxygens (including phenoxy) is 3. The number of hydrogen-bond donors (Lipinski definition) is 1. The third kappa shape index (κ3) is 8.24. The zero-order valence-electron chi connectivity index (χ0n) is 17.7. The summed E-state index contributed by atoms with van der Waals surface area (Å²) in [7, 11) is 0. The summed E-state index contributed by atoms with van der Waals surface area (Å²) in [5, 5.41) is 2.71. The highest BCUT2D eigenvalue weighted by atomic mass is 127. The summed E-state index contributed by atoms with van der Waals surface area (Å²) in [4.78, 5) is 25.0. The van der Waals surface area contributed by atoms with Gasteiger partial charge in [-0.15, -0.1) is 0 Å². The van der Waals surface area contributed by atoms with Crippen LogP contribution in [-0.4, -0.2) is 36.4 Å². The summed E-state index contributed by atoms with van der Waals surface area (Å²) in [6.45, 7) is 11.9. The summed E-state index contributed by atoms with van der Waals surface area (Å²) in [5.41, 5.74) is -1.02. The van der Waals surface area contributed by atoms with Crippen LogP contribution in [-0.2, 0) is 20.7 Å². The Morgan fingerprint density at radius 2 is 1.71 bits per heavy atom. The largest absolute Gasteiger partial charge is 0.492 e. The monoisotopic (exact) mass is 505 g/mol. The lowest BCUT2D eigenvalue weighted by Gasteiger charge is -2.30. The minimum absolute atomic E-state index is 0.277. The van der Waals surface area contributed by atoms with Crippen LogP contribution in [0.3, 0.4) is 0 Å². The van der Waals surface area contributed by atoms with Crippen LogP contribution in [0.1, 0.15) is 59.9 Å². The molecule has 0 unspecified atom stereocenters. The topological polar surface area (TPSA) is 73.9 Å². The van der Waals surface area contributed by atoms with Crippen molar-refractivity contribution in [2.24, 2.45) is 0 Å². The van der Waals surface area contributed by atoms with Gasteiger partial charge < -0.3 is 19.5 Å². The van der Waals surface area contributed by atoms with Crippen molar-refractivity contribution in [3.63, 3.8) is 0 Å². The molecule has 1 atom stereocenters. The summed E-state index contributed by atoms with van der Waals surface area (Å²) in [5.74, 6) is 0.322. The molecule has 7 heteroatoms. The van der Waals surface area contributed by atoms with Crippen LogP contribution in [0.25, 0.3) is 0 Å². The lowest BCUT2D eigenvalue weighted by Crippen LogP contribution is -2.55. The highest BCUT2D eigenvalue weighted by Crippen LogP contribution is 2.25. The van der Waals surface area contributed by atoms with Crippen molar-refractivity contribution in [3.05, 3.63) is 27.3 Å². The highest BCUT2D eigenvalue weighted by molar-refractivity contribution is 14.1. The van der Waals surface area contributed by atoms with Crippen molar-refractivity contribution >= 4 is 34.7 Å². The maximum absolute atomic E-state index is 12.7. The van der Waals surface area contributed by atoms with E-state index in [2.05, 4.69) is 34.8 Å². The van der Waals surface area contributed by atoms with Gasteiger partial charge in [-0.05, 0) is 80.8 Å². The molecule has 0 bridgehead atoms. The van der Waals surface area contributed by atoms with Crippen LogP contribution >= 0.6 is 22.6 Å². The second kappa shape index (κ2) is 10.9. The van der Waals surface area contributed by atoms with Gasteiger partial charge in [0.25, 0.3) is 0 Å². The number of carbonyl (C=O) groups is 2. The summed E-state index contributed by atoms with van der Waals surface area (Å²) in [6.07, 6.45) is 1.26. The van der Waals surface area contributed by atoms with Gasteiger partial charge in [-0.1, -0.05) is 19.9 Å². The second-order valence-corrected chi connectivity index (χ2v) is 9.05. The van der Waals surface area contributed by atoms with Gasteiger partial charge in [0, 0.05) is 6.42 Å². The number of rotatable bonds is 9. The number of hydrogen-bond acceptors (Lipinski definition) is 5. The Kier molecular flexibility index (Phi) is 9.53. The van der Waals surface area contributed by atoms with Crippen molar-refractivity contribution in [1.82, 2.24) is 5.32 Å². The minimum Gasteiger partial charge on any atom is -0.492 e. The molecular weight excluding hydrogens is 473 g/mol. The van der Waals surface area contributed by atoms with Gasteiger partial charge in [-0.2, -0.15) is 0 Å².